The van der Waals surface area contributed by atoms with E-state index in [1.807, 2.05) is 6.92 Å². The number of aliphatic carboxylic acids is 1. The molecule has 1 aromatic rings. The van der Waals surface area contributed by atoms with Crippen LogP contribution in [0.5, 0.6) is 0 Å². The molecule has 1 aromatic heterocycles. The van der Waals surface area contributed by atoms with E-state index in [-0.39, 0.29) is 6.42 Å². The molecule has 7 nitrogen and oxygen atoms in total. The molecule has 1 atom stereocenters. The molecule has 2 amide bonds. The van der Waals surface area contributed by atoms with Gasteiger partial charge in [0.25, 0.3) is 0 Å². The lowest BCUT2D eigenvalue weighted by atomic mass is 10.2. The number of hydrogen-bond donors (Lipinski definition) is 4. The molecule has 0 aliphatic carbocycles. The van der Waals surface area contributed by atoms with Crippen LogP contribution in [0.15, 0.2) is 12.5 Å². The van der Waals surface area contributed by atoms with Crippen LogP contribution in [-0.4, -0.2) is 39.7 Å². The minimum absolute atomic E-state index is 0.177. The van der Waals surface area contributed by atoms with Gasteiger partial charge in [0.2, 0.25) is 0 Å². The van der Waals surface area contributed by atoms with Gasteiger partial charge in [-0.25, -0.2) is 14.6 Å². The minimum atomic E-state index is -1.07. The number of aromatic nitrogens is 2. The van der Waals surface area contributed by atoms with E-state index in [2.05, 4.69) is 20.6 Å². The number of hydrogen-bond acceptors (Lipinski definition) is 3. The molecule has 0 radical (unpaired) electrons. The smallest absolute Gasteiger partial charge is 0.326 e. The van der Waals surface area contributed by atoms with Gasteiger partial charge in [0.1, 0.15) is 6.04 Å². The lowest BCUT2D eigenvalue weighted by Crippen LogP contribution is -2.47. The van der Waals surface area contributed by atoms with Gasteiger partial charge >= 0.3 is 12.0 Å². The number of aromatic amines is 1. The molecule has 1 heterocycles. The Morgan fingerprint density at radius 3 is 2.89 bits per heavy atom. The predicted molar refractivity (Wildman–Crippen MR) is 65.2 cm³/mol. The van der Waals surface area contributed by atoms with Crippen molar-refractivity contribution >= 4 is 12.0 Å². The van der Waals surface area contributed by atoms with E-state index in [4.69, 9.17) is 5.11 Å². The Morgan fingerprint density at radius 1 is 1.56 bits per heavy atom. The summed E-state index contributed by atoms with van der Waals surface area (Å²) in [5, 5.41) is 14.0. The van der Waals surface area contributed by atoms with Gasteiger partial charge in [-0.05, 0) is 6.42 Å². The third kappa shape index (κ3) is 4.86. The fourth-order valence-electron chi connectivity index (χ4n) is 1.40. The number of unbranched alkanes of at least 4 members (excludes halogenated alkanes) is 1. The summed E-state index contributed by atoms with van der Waals surface area (Å²) in [7, 11) is 0. The van der Waals surface area contributed by atoms with E-state index in [1.165, 1.54) is 12.5 Å². The average molecular weight is 254 g/mol. The molecule has 1 rings (SSSR count). The molecule has 100 valence electrons. The lowest BCUT2D eigenvalue weighted by Gasteiger charge is -2.14. The van der Waals surface area contributed by atoms with Crippen molar-refractivity contribution in [3.8, 4) is 0 Å². The molecule has 0 aliphatic rings. The number of carbonyl (C=O) groups is 2. The largest absolute Gasteiger partial charge is 0.480 e. The van der Waals surface area contributed by atoms with Crippen LogP contribution in [0.2, 0.25) is 0 Å². The number of carboxylic acid groups (broad SMARTS) is 1. The zero-order valence-corrected chi connectivity index (χ0v) is 10.3. The first-order valence-corrected chi connectivity index (χ1v) is 5.88. The van der Waals surface area contributed by atoms with Crippen LogP contribution in [0.4, 0.5) is 4.79 Å². The molecule has 0 saturated carbocycles. The van der Waals surface area contributed by atoms with Gasteiger partial charge in [-0.3, -0.25) is 0 Å². The first kappa shape index (κ1) is 14.0. The summed E-state index contributed by atoms with van der Waals surface area (Å²) in [4.78, 5) is 29.1. The van der Waals surface area contributed by atoms with E-state index >= 15 is 0 Å². The number of imidazole rings is 1. The second kappa shape index (κ2) is 7.31. The van der Waals surface area contributed by atoms with Crippen molar-refractivity contribution in [2.75, 3.05) is 6.54 Å². The van der Waals surface area contributed by atoms with E-state index in [1.54, 1.807) is 0 Å². The van der Waals surface area contributed by atoms with E-state index in [0.29, 0.717) is 12.2 Å². The number of carboxylic acids is 1. The molecule has 0 aromatic carbocycles. The Kier molecular flexibility index (Phi) is 5.69. The summed E-state index contributed by atoms with van der Waals surface area (Å²) in [6.45, 7) is 2.55. The van der Waals surface area contributed by atoms with Crippen molar-refractivity contribution < 1.29 is 14.7 Å². The van der Waals surface area contributed by atoms with Crippen LogP contribution in [0.3, 0.4) is 0 Å². The highest BCUT2D eigenvalue weighted by Crippen LogP contribution is 1.98. The number of nitrogens with one attached hydrogen (secondary N) is 3. The Bertz CT molecular complexity index is 378. The number of H-pyrrole nitrogens is 1. The zero-order chi connectivity index (χ0) is 13.4. The maximum Gasteiger partial charge on any atom is 0.326 e. The molecular formula is C11H18N4O3. The second-order valence-corrected chi connectivity index (χ2v) is 3.93. The Hall–Kier alpha value is -2.05. The third-order valence-corrected chi connectivity index (χ3v) is 2.40. The zero-order valence-electron chi connectivity index (χ0n) is 10.3. The van der Waals surface area contributed by atoms with Crippen molar-refractivity contribution in [1.82, 2.24) is 20.6 Å². The van der Waals surface area contributed by atoms with Crippen molar-refractivity contribution in [3.05, 3.63) is 18.2 Å². The standard InChI is InChI=1S/C11H18N4O3/c1-2-3-4-13-11(18)15-9(10(16)17)5-8-6-12-7-14-8/h6-7,9H,2-5H2,1H3,(H,12,14)(H,16,17)(H2,13,15,18)/t9-/m1/s1. The number of amides is 2. The third-order valence-electron chi connectivity index (χ3n) is 2.40. The lowest BCUT2D eigenvalue weighted by molar-refractivity contribution is -0.139. The van der Waals surface area contributed by atoms with E-state index in [0.717, 1.165) is 12.8 Å². The van der Waals surface area contributed by atoms with Crippen LogP contribution in [0.1, 0.15) is 25.5 Å². The molecule has 4 N–H and O–H groups in total. The van der Waals surface area contributed by atoms with Gasteiger partial charge in [0, 0.05) is 24.9 Å². The van der Waals surface area contributed by atoms with Gasteiger partial charge in [0.15, 0.2) is 0 Å². The van der Waals surface area contributed by atoms with E-state index in [9.17, 15) is 9.59 Å². The van der Waals surface area contributed by atoms with Crippen LogP contribution in [0.25, 0.3) is 0 Å². The number of carbonyl (C=O) groups excluding carboxylic acids is 1. The Labute approximate surface area is 105 Å². The highest BCUT2D eigenvalue weighted by Gasteiger charge is 2.20. The molecule has 18 heavy (non-hydrogen) atoms. The van der Waals surface area contributed by atoms with Crippen LogP contribution in [-0.2, 0) is 11.2 Å². The number of rotatable bonds is 7. The molecular weight excluding hydrogens is 236 g/mol. The molecule has 0 fully saturated rings. The normalized spacial score (nSPS) is 11.8. The fourth-order valence-corrected chi connectivity index (χ4v) is 1.40. The topological polar surface area (TPSA) is 107 Å². The number of urea groups is 1. The Balaban J connectivity index is 2.42. The first-order chi connectivity index (χ1) is 8.63. The maximum atomic E-state index is 11.4. The summed E-state index contributed by atoms with van der Waals surface area (Å²) in [5.41, 5.74) is 0.663. The van der Waals surface area contributed by atoms with Crippen LogP contribution in [0, 0.1) is 0 Å². The van der Waals surface area contributed by atoms with E-state index < -0.39 is 18.0 Å². The fraction of sp³-hybridized carbons (Fsp3) is 0.545. The van der Waals surface area contributed by atoms with Gasteiger partial charge in [-0.2, -0.15) is 0 Å². The van der Waals surface area contributed by atoms with Crippen molar-refractivity contribution in [1.29, 1.82) is 0 Å². The predicted octanol–water partition coefficient (Wildman–Crippen LogP) is 0.505. The van der Waals surface area contributed by atoms with Crippen molar-refractivity contribution in [2.24, 2.45) is 0 Å². The van der Waals surface area contributed by atoms with Crippen molar-refractivity contribution in [2.45, 2.75) is 32.2 Å². The summed E-state index contributed by atoms with van der Waals surface area (Å²) in [6.07, 6.45) is 5.02. The molecule has 0 saturated heterocycles. The van der Waals surface area contributed by atoms with Crippen LogP contribution < -0.4 is 10.6 Å². The van der Waals surface area contributed by atoms with Gasteiger partial charge in [-0.1, -0.05) is 13.3 Å². The summed E-state index contributed by atoms with van der Waals surface area (Å²) in [6, 6.07) is -1.43. The monoisotopic (exact) mass is 254 g/mol. The molecule has 0 aliphatic heterocycles. The summed E-state index contributed by atoms with van der Waals surface area (Å²) < 4.78 is 0. The Morgan fingerprint density at radius 2 is 2.33 bits per heavy atom. The highest BCUT2D eigenvalue weighted by molar-refractivity contribution is 5.82. The second-order valence-electron chi connectivity index (χ2n) is 3.93. The maximum absolute atomic E-state index is 11.4. The summed E-state index contributed by atoms with van der Waals surface area (Å²) in [5.74, 6) is -1.07. The molecule has 0 bridgehead atoms. The van der Waals surface area contributed by atoms with Gasteiger partial charge in [-0.15, -0.1) is 0 Å². The van der Waals surface area contributed by atoms with Crippen LogP contribution >= 0.6 is 0 Å². The summed E-state index contributed by atoms with van der Waals surface area (Å²) >= 11 is 0. The SMILES string of the molecule is CCCCNC(=O)N[C@H](Cc1cnc[nH]1)C(=O)O. The molecule has 0 unspecified atom stereocenters. The van der Waals surface area contributed by atoms with Crippen molar-refractivity contribution in [3.63, 3.8) is 0 Å². The molecule has 0 spiro atoms. The van der Waals surface area contributed by atoms with Gasteiger partial charge in [0.05, 0.1) is 6.33 Å². The minimum Gasteiger partial charge on any atom is -0.480 e. The highest BCUT2D eigenvalue weighted by atomic mass is 16.4. The average Bonchev–Trinajstić information content (AvgIpc) is 2.81. The number of nitrogens with zero attached hydrogens (tertiary/aromatic N) is 1. The molecule has 7 heteroatoms. The van der Waals surface area contributed by atoms with Gasteiger partial charge < -0.3 is 20.7 Å². The first-order valence-electron chi connectivity index (χ1n) is 5.88. The quantitative estimate of drug-likeness (QED) is 0.531.